The topological polar surface area (TPSA) is 43.1 Å². The second-order valence-electron chi connectivity index (χ2n) is 5.82. The Morgan fingerprint density at radius 3 is 2.05 bits per heavy atom. The predicted octanol–water partition coefficient (Wildman–Crippen LogP) is 5.37. The number of rotatable bonds is 14. The van der Waals surface area contributed by atoms with Gasteiger partial charge in [-0.15, -0.1) is 0 Å². The molecule has 0 saturated carbocycles. The largest absolute Gasteiger partial charge is 0.369 e. The zero-order valence-electron chi connectivity index (χ0n) is 13.7. The van der Waals surface area contributed by atoms with Crippen LogP contribution in [0.5, 0.6) is 0 Å². The van der Waals surface area contributed by atoms with Crippen molar-refractivity contribution in [2.75, 3.05) is 0 Å². The SMILES string of the molecule is CC/C=C/CCCCCCCCCC(CCC)C(N)=O. The number of carbonyl (C=O) groups is 1. The lowest BCUT2D eigenvalue weighted by atomic mass is 9.95. The molecule has 1 amide bonds. The highest BCUT2D eigenvalue weighted by Crippen LogP contribution is 2.16. The van der Waals surface area contributed by atoms with E-state index in [0.717, 1.165) is 32.1 Å². The van der Waals surface area contributed by atoms with E-state index in [1.807, 2.05) is 0 Å². The van der Waals surface area contributed by atoms with E-state index in [0.29, 0.717) is 0 Å². The summed E-state index contributed by atoms with van der Waals surface area (Å²) < 4.78 is 0. The van der Waals surface area contributed by atoms with E-state index in [1.54, 1.807) is 0 Å². The summed E-state index contributed by atoms with van der Waals surface area (Å²) in [6.45, 7) is 4.30. The first-order chi connectivity index (χ1) is 9.72. The lowest BCUT2D eigenvalue weighted by Gasteiger charge is -2.11. The number of amides is 1. The quantitative estimate of drug-likeness (QED) is 0.338. The average molecular weight is 281 g/mol. The molecule has 118 valence electrons. The predicted molar refractivity (Wildman–Crippen MR) is 88.6 cm³/mol. The zero-order valence-corrected chi connectivity index (χ0v) is 13.7. The maximum Gasteiger partial charge on any atom is 0.220 e. The van der Waals surface area contributed by atoms with Gasteiger partial charge in [-0.05, 0) is 32.1 Å². The number of nitrogens with two attached hydrogens (primary N) is 1. The Kier molecular flexibility index (Phi) is 14.0. The molecular formula is C18H35NO. The summed E-state index contributed by atoms with van der Waals surface area (Å²) in [7, 11) is 0. The molecule has 2 heteroatoms. The van der Waals surface area contributed by atoms with Gasteiger partial charge in [0.25, 0.3) is 0 Å². The molecule has 0 aromatic rings. The smallest absolute Gasteiger partial charge is 0.220 e. The molecule has 0 aliphatic rings. The molecule has 0 aromatic heterocycles. The molecule has 0 saturated heterocycles. The van der Waals surface area contributed by atoms with Crippen LogP contribution >= 0.6 is 0 Å². The summed E-state index contributed by atoms with van der Waals surface area (Å²) in [6, 6.07) is 0. The monoisotopic (exact) mass is 281 g/mol. The number of hydrogen-bond acceptors (Lipinski definition) is 1. The summed E-state index contributed by atoms with van der Waals surface area (Å²) in [5, 5.41) is 0. The molecule has 0 bridgehead atoms. The maximum atomic E-state index is 11.2. The summed E-state index contributed by atoms with van der Waals surface area (Å²) >= 11 is 0. The minimum Gasteiger partial charge on any atom is -0.369 e. The number of unbranched alkanes of at least 4 members (excludes halogenated alkanes) is 7. The lowest BCUT2D eigenvalue weighted by molar-refractivity contribution is -0.122. The normalized spacial score (nSPS) is 12.9. The van der Waals surface area contributed by atoms with Crippen molar-refractivity contribution in [3.8, 4) is 0 Å². The van der Waals surface area contributed by atoms with E-state index >= 15 is 0 Å². The van der Waals surface area contributed by atoms with E-state index in [4.69, 9.17) is 5.73 Å². The van der Waals surface area contributed by atoms with Gasteiger partial charge in [-0.25, -0.2) is 0 Å². The molecule has 0 aliphatic carbocycles. The third-order valence-corrected chi connectivity index (χ3v) is 3.87. The van der Waals surface area contributed by atoms with Crippen LogP contribution in [0.1, 0.15) is 90.9 Å². The summed E-state index contributed by atoms with van der Waals surface area (Å²) in [5.41, 5.74) is 5.41. The van der Waals surface area contributed by atoms with Gasteiger partial charge in [-0.2, -0.15) is 0 Å². The maximum absolute atomic E-state index is 11.2. The van der Waals surface area contributed by atoms with Crippen LogP contribution in [0.25, 0.3) is 0 Å². The van der Waals surface area contributed by atoms with Crippen molar-refractivity contribution in [3.63, 3.8) is 0 Å². The van der Waals surface area contributed by atoms with Crippen molar-refractivity contribution >= 4 is 5.91 Å². The van der Waals surface area contributed by atoms with Crippen molar-refractivity contribution in [1.29, 1.82) is 0 Å². The Bertz CT molecular complexity index is 248. The molecule has 0 heterocycles. The van der Waals surface area contributed by atoms with E-state index in [-0.39, 0.29) is 11.8 Å². The Morgan fingerprint density at radius 2 is 1.50 bits per heavy atom. The van der Waals surface area contributed by atoms with Crippen LogP contribution < -0.4 is 5.73 Å². The Labute approximate surface area is 126 Å². The van der Waals surface area contributed by atoms with Crippen LogP contribution in [0.3, 0.4) is 0 Å². The molecule has 0 radical (unpaired) electrons. The fourth-order valence-electron chi connectivity index (χ4n) is 2.60. The van der Waals surface area contributed by atoms with Gasteiger partial charge in [0.2, 0.25) is 5.91 Å². The molecule has 0 rings (SSSR count). The van der Waals surface area contributed by atoms with Gasteiger partial charge >= 0.3 is 0 Å². The standard InChI is InChI=1S/C18H35NO/c1-3-5-6-7-8-9-10-11-12-13-14-16-17(15-4-2)18(19)20/h5-6,17H,3-4,7-16H2,1-2H3,(H2,19,20)/b6-5+. The van der Waals surface area contributed by atoms with Gasteiger partial charge in [0.15, 0.2) is 0 Å². The van der Waals surface area contributed by atoms with Gasteiger partial charge in [-0.3, -0.25) is 4.79 Å². The van der Waals surface area contributed by atoms with E-state index in [2.05, 4.69) is 26.0 Å². The zero-order chi connectivity index (χ0) is 15.1. The average Bonchev–Trinajstić information content (AvgIpc) is 2.43. The molecule has 20 heavy (non-hydrogen) atoms. The van der Waals surface area contributed by atoms with Crippen molar-refractivity contribution in [2.24, 2.45) is 11.7 Å². The first-order valence-electron chi connectivity index (χ1n) is 8.66. The third-order valence-electron chi connectivity index (χ3n) is 3.87. The van der Waals surface area contributed by atoms with E-state index in [1.165, 1.54) is 44.9 Å². The molecule has 1 unspecified atom stereocenters. The highest BCUT2D eigenvalue weighted by molar-refractivity contribution is 5.76. The van der Waals surface area contributed by atoms with Crippen LogP contribution in [0.15, 0.2) is 12.2 Å². The van der Waals surface area contributed by atoms with Crippen molar-refractivity contribution in [1.82, 2.24) is 0 Å². The van der Waals surface area contributed by atoms with Crippen LogP contribution in [0.4, 0.5) is 0 Å². The van der Waals surface area contributed by atoms with Crippen LogP contribution in [-0.4, -0.2) is 5.91 Å². The molecule has 2 nitrogen and oxygen atoms in total. The molecule has 2 N–H and O–H groups in total. The van der Waals surface area contributed by atoms with Crippen molar-refractivity contribution in [3.05, 3.63) is 12.2 Å². The molecular weight excluding hydrogens is 246 g/mol. The Hall–Kier alpha value is -0.790. The highest BCUT2D eigenvalue weighted by atomic mass is 16.1. The first-order valence-corrected chi connectivity index (χ1v) is 8.66. The van der Waals surface area contributed by atoms with Crippen molar-refractivity contribution in [2.45, 2.75) is 90.9 Å². The molecule has 0 aromatic carbocycles. The molecule has 1 atom stereocenters. The molecule has 0 spiro atoms. The van der Waals surface area contributed by atoms with Gasteiger partial charge < -0.3 is 5.73 Å². The van der Waals surface area contributed by atoms with Gasteiger partial charge in [0.1, 0.15) is 0 Å². The number of carbonyl (C=O) groups excluding carboxylic acids is 1. The lowest BCUT2D eigenvalue weighted by Crippen LogP contribution is -2.23. The third kappa shape index (κ3) is 12.3. The fraction of sp³-hybridized carbons (Fsp3) is 0.833. The van der Waals surface area contributed by atoms with Crippen molar-refractivity contribution < 1.29 is 4.79 Å². The number of primary amides is 1. The Balaban J connectivity index is 3.31. The Morgan fingerprint density at radius 1 is 0.900 bits per heavy atom. The number of allylic oxidation sites excluding steroid dienone is 2. The summed E-state index contributed by atoms with van der Waals surface area (Å²) in [6.07, 6.45) is 19.1. The minimum atomic E-state index is -0.105. The fourth-order valence-corrected chi connectivity index (χ4v) is 2.60. The van der Waals surface area contributed by atoms with Crippen LogP contribution in [0, 0.1) is 5.92 Å². The first kappa shape index (κ1) is 19.2. The van der Waals surface area contributed by atoms with Gasteiger partial charge in [0.05, 0.1) is 0 Å². The highest BCUT2D eigenvalue weighted by Gasteiger charge is 2.12. The second kappa shape index (κ2) is 14.6. The summed E-state index contributed by atoms with van der Waals surface area (Å²) in [5.74, 6) is 0.0114. The second-order valence-corrected chi connectivity index (χ2v) is 5.82. The minimum absolute atomic E-state index is 0.105. The van der Waals surface area contributed by atoms with Crippen LogP contribution in [0.2, 0.25) is 0 Å². The van der Waals surface area contributed by atoms with Gasteiger partial charge in [-0.1, -0.05) is 70.9 Å². The van der Waals surface area contributed by atoms with E-state index in [9.17, 15) is 4.79 Å². The molecule has 0 aliphatic heterocycles. The summed E-state index contributed by atoms with van der Waals surface area (Å²) in [4.78, 5) is 11.2. The van der Waals surface area contributed by atoms with Gasteiger partial charge in [0, 0.05) is 5.92 Å². The molecule has 0 fully saturated rings. The van der Waals surface area contributed by atoms with E-state index < -0.39 is 0 Å². The number of hydrogen-bond donors (Lipinski definition) is 1. The van der Waals surface area contributed by atoms with Crippen LogP contribution in [-0.2, 0) is 4.79 Å².